The smallest absolute Gasteiger partial charge is 0.0991 e. The van der Waals surface area contributed by atoms with E-state index in [1.54, 1.807) is 12.1 Å². The molecule has 4 heteroatoms. The molecule has 0 radical (unpaired) electrons. The normalized spacial score (nSPS) is 6.57. The van der Waals surface area contributed by atoms with Gasteiger partial charge >= 0.3 is 0 Å². The molecule has 0 aliphatic heterocycles. The van der Waals surface area contributed by atoms with Crippen LogP contribution in [0.25, 0.3) is 0 Å². The average molecular weight is 618 g/mol. The first kappa shape index (κ1) is 28.0. The van der Waals surface area contributed by atoms with Gasteiger partial charge in [0, 0.05) is 42.1 Å². The van der Waals surface area contributed by atoms with E-state index >= 15 is 0 Å². The average Bonchev–Trinajstić information content (AvgIpc) is 2.42. The quantitative estimate of drug-likeness (QED) is 0.451. The molecule has 2 aromatic carbocycles. The Morgan fingerprint density at radius 2 is 1.14 bits per heavy atom. The number of nitrogens with zero attached hydrogens (tertiary/aromatic N) is 2. The molecule has 0 saturated heterocycles. The van der Waals surface area contributed by atoms with Gasteiger partial charge in [0.05, 0.1) is 24.1 Å². The van der Waals surface area contributed by atoms with Crippen molar-refractivity contribution in [2.45, 2.75) is 6.42 Å². The summed E-state index contributed by atoms with van der Waals surface area (Å²) in [6, 6.07) is 23.0. The van der Waals surface area contributed by atoms with Gasteiger partial charge < -0.3 is 14.9 Å². The van der Waals surface area contributed by atoms with Crippen LogP contribution in [0, 0.1) is 37.5 Å². The molecule has 0 aliphatic rings. The topological polar surface area (TPSA) is 47.6 Å². The van der Waals surface area contributed by atoms with Crippen molar-refractivity contribution in [3.05, 3.63) is 86.6 Å². The van der Waals surface area contributed by atoms with Crippen molar-refractivity contribution < 1.29 is 42.1 Å². The first-order valence-corrected chi connectivity index (χ1v) is 5.23. The Balaban J connectivity index is -0.000000116. The van der Waals surface area contributed by atoms with Crippen molar-refractivity contribution in [3.63, 3.8) is 0 Å². The number of rotatable bonds is 1. The number of hydrogen-bond donors (Lipinski definition) is 0. The predicted octanol–water partition coefficient (Wildman–Crippen LogP) is 4.21. The summed E-state index contributed by atoms with van der Waals surface area (Å²) in [5, 5.41) is 16.6. The molecular weight excluding hydrogens is 600 g/mol. The molecule has 0 N–H and O–H groups in total. The van der Waals surface area contributed by atoms with Gasteiger partial charge in [0.25, 0.3) is 0 Å². The molecule has 2 aromatic rings. The van der Waals surface area contributed by atoms with Crippen molar-refractivity contribution in [1.82, 2.24) is 0 Å². The molecule has 21 heavy (non-hydrogen) atoms. The zero-order valence-electron chi connectivity index (χ0n) is 12.2. The van der Waals surface area contributed by atoms with Crippen LogP contribution < -0.4 is 0 Å². The van der Waals surface area contributed by atoms with Gasteiger partial charge in [-0.2, -0.15) is 10.5 Å². The summed E-state index contributed by atoms with van der Waals surface area (Å²) in [6.45, 7) is 0. The van der Waals surface area contributed by atoms with E-state index in [1.807, 2.05) is 54.6 Å². The van der Waals surface area contributed by atoms with Gasteiger partial charge in [-0.05, 0) is 17.7 Å². The van der Waals surface area contributed by atoms with Crippen molar-refractivity contribution >= 4 is 0 Å². The molecule has 0 bridgehead atoms. The molecule has 0 spiro atoms. The van der Waals surface area contributed by atoms with Crippen molar-refractivity contribution in [2.75, 3.05) is 0 Å². The molecule has 0 heterocycles. The molecule has 0 aliphatic carbocycles. The Kier molecular flexibility index (Phi) is 25.1. The predicted molar refractivity (Wildman–Crippen MR) is 79.7 cm³/mol. The van der Waals surface area contributed by atoms with Gasteiger partial charge in [0.2, 0.25) is 0 Å². The van der Waals surface area contributed by atoms with Gasteiger partial charge in [-0.1, -0.05) is 48.5 Å². The van der Waals surface area contributed by atoms with Crippen LogP contribution >= 0.6 is 0 Å². The minimum atomic E-state index is 0. The molecule has 0 unspecified atom stereocenters. The molecule has 110 valence electrons. The van der Waals surface area contributed by atoms with Gasteiger partial charge in [-0.25, -0.2) is 0 Å². The maximum Gasteiger partial charge on any atom is 0.0991 e. The third kappa shape index (κ3) is 13.5. The Labute approximate surface area is 157 Å². The van der Waals surface area contributed by atoms with E-state index in [0.29, 0.717) is 12.0 Å². The first-order chi connectivity index (χ1) is 8.36. The van der Waals surface area contributed by atoms with Crippen LogP contribution in [0.2, 0.25) is 0 Å². The SMILES string of the molecule is N#CCc1ccccc1.N#Cc1ccccc1.[CH3-].[CH3-].[W].[W]. The zero-order valence-corrected chi connectivity index (χ0v) is 18.1. The van der Waals surface area contributed by atoms with Crippen molar-refractivity contribution in [3.8, 4) is 12.1 Å². The Morgan fingerprint density at radius 3 is 1.48 bits per heavy atom. The van der Waals surface area contributed by atoms with E-state index in [0.717, 1.165) is 5.56 Å². The molecule has 0 fully saturated rings. The second kappa shape index (κ2) is 18.8. The number of hydrogen-bond acceptors (Lipinski definition) is 2. The second-order valence-electron chi connectivity index (χ2n) is 3.30. The van der Waals surface area contributed by atoms with Crippen LogP contribution in [0.4, 0.5) is 0 Å². The second-order valence-corrected chi connectivity index (χ2v) is 3.30. The van der Waals surface area contributed by atoms with Crippen LogP contribution in [0.1, 0.15) is 11.1 Å². The maximum absolute atomic E-state index is 8.29. The van der Waals surface area contributed by atoms with Gasteiger partial charge in [0.15, 0.2) is 0 Å². The fourth-order valence-corrected chi connectivity index (χ4v) is 1.20. The van der Waals surface area contributed by atoms with E-state index in [1.165, 1.54) is 0 Å². The van der Waals surface area contributed by atoms with Gasteiger partial charge in [-0.3, -0.25) is 0 Å². The van der Waals surface area contributed by atoms with E-state index in [9.17, 15) is 0 Å². The standard InChI is InChI=1S/C8H7N.C7H5N.2CH3.2W/c9-7-6-8-4-2-1-3-5-8;8-6-7-4-2-1-3-5-7;;;;/h1-5H,6H2;1-5H;2*1H3;;/q;;2*-1;;. The summed E-state index contributed by atoms with van der Waals surface area (Å²) in [6.07, 6.45) is 0.515. The molecule has 0 aromatic heterocycles. The zero-order chi connectivity index (χ0) is 12.3. The summed E-state index contributed by atoms with van der Waals surface area (Å²) < 4.78 is 0. The summed E-state index contributed by atoms with van der Waals surface area (Å²) in [7, 11) is 0. The van der Waals surface area contributed by atoms with Crippen LogP contribution in [0.5, 0.6) is 0 Å². The minimum Gasteiger partial charge on any atom is -0.358 e. The van der Waals surface area contributed by atoms with Crippen LogP contribution in [0.15, 0.2) is 60.7 Å². The third-order valence-electron chi connectivity index (χ3n) is 2.03. The Hall–Kier alpha value is -1.20. The number of nitriles is 2. The van der Waals surface area contributed by atoms with E-state index in [4.69, 9.17) is 10.5 Å². The van der Waals surface area contributed by atoms with Crippen LogP contribution in [0.3, 0.4) is 0 Å². The monoisotopic (exact) mass is 618 g/mol. The van der Waals surface area contributed by atoms with E-state index < -0.39 is 0 Å². The van der Waals surface area contributed by atoms with E-state index in [2.05, 4.69) is 6.07 Å². The summed E-state index contributed by atoms with van der Waals surface area (Å²) in [5.74, 6) is 0. The number of benzene rings is 2. The molecule has 2 rings (SSSR count). The molecule has 0 saturated carbocycles. The Bertz CT molecular complexity index is 514. The molecule has 0 atom stereocenters. The summed E-state index contributed by atoms with van der Waals surface area (Å²) in [4.78, 5) is 0. The summed E-state index contributed by atoms with van der Waals surface area (Å²) in [5.41, 5.74) is 1.80. The van der Waals surface area contributed by atoms with Crippen molar-refractivity contribution in [2.24, 2.45) is 0 Å². The van der Waals surface area contributed by atoms with Crippen molar-refractivity contribution in [1.29, 1.82) is 10.5 Å². The van der Waals surface area contributed by atoms with E-state index in [-0.39, 0.29) is 57.0 Å². The van der Waals surface area contributed by atoms with Crippen LogP contribution in [-0.2, 0) is 48.6 Å². The molecular formula is C17H18N2W2-2. The largest absolute Gasteiger partial charge is 0.358 e. The molecule has 2 nitrogen and oxygen atoms in total. The first-order valence-electron chi connectivity index (χ1n) is 5.23. The fraction of sp³-hybridized carbons (Fsp3) is 0.0588. The maximum atomic E-state index is 8.29. The van der Waals surface area contributed by atoms with Gasteiger partial charge in [0.1, 0.15) is 0 Å². The fourth-order valence-electron chi connectivity index (χ4n) is 1.20. The minimum absolute atomic E-state index is 0. The summed E-state index contributed by atoms with van der Waals surface area (Å²) >= 11 is 0. The Morgan fingerprint density at radius 1 is 0.714 bits per heavy atom. The third-order valence-corrected chi connectivity index (χ3v) is 2.03. The molecule has 0 amide bonds. The van der Waals surface area contributed by atoms with Crippen LogP contribution in [-0.4, -0.2) is 0 Å². The van der Waals surface area contributed by atoms with Gasteiger partial charge in [-0.15, -0.1) is 0 Å².